The number of carbonyl (C=O) groups is 2. The molecule has 0 aromatic rings. The molecular formula is C27H40N2O6. The highest BCUT2D eigenvalue weighted by atomic mass is 16.6. The van der Waals surface area contributed by atoms with Crippen molar-refractivity contribution in [2.45, 2.75) is 65.4 Å². The molecule has 1 fully saturated rings. The number of nitrogens with one attached hydrogen (secondary N) is 2. The summed E-state index contributed by atoms with van der Waals surface area (Å²) >= 11 is 0. The SMILES string of the molecule is CNC(O)C1C(C)(C(=O)NC2=CC=C(CC3=CC=C(C)CC3)CC2)C(C(=O)OC)C1(C)C(O)OC. The van der Waals surface area contributed by atoms with Gasteiger partial charge in [-0.15, -0.1) is 0 Å². The van der Waals surface area contributed by atoms with E-state index in [1.165, 1.54) is 30.9 Å². The molecule has 0 saturated heterocycles. The van der Waals surface area contributed by atoms with Gasteiger partial charge in [-0.25, -0.2) is 0 Å². The van der Waals surface area contributed by atoms with Gasteiger partial charge >= 0.3 is 5.97 Å². The van der Waals surface area contributed by atoms with E-state index >= 15 is 0 Å². The van der Waals surface area contributed by atoms with E-state index in [0.717, 1.165) is 31.4 Å². The second-order valence-corrected chi connectivity index (χ2v) is 10.4. The number of esters is 1. The van der Waals surface area contributed by atoms with Crippen molar-refractivity contribution in [2.24, 2.45) is 22.7 Å². The van der Waals surface area contributed by atoms with Crippen LogP contribution in [0.2, 0.25) is 0 Å². The van der Waals surface area contributed by atoms with Crippen molar-refractivity contribution in [2.75, 3.05) is 21.3 Å². The highest BCUT2D eigenvalue weighted by Crippen LogP contribution is 2.66. The molecule has 0 bridgehead atoms. The number of allylic oxidation sites excluding steroid dienone is 8. The van der Waals surface area contributed by atoms with Gasteiger partial charge in [0.05, 0.1) is 18.4 Å². The number of carbonyl (C=O) groups excluding carboxylic acids is 2. The summed E-state index contributed by atoms with van der Waals surface area (Å²) in [4.78, 5) is 26.5. The zero-order valence-corrected chi connectivity index (χ0v) is 21.7. The van der Waals surface area contributed by atoms with Crippen molar-refractivity contribution >= 4 is 11.9 Å². The molecule has 6 atom stereocenters. The minimum absolute atomic E-state index is 0.397. The Balaban J connectivity index is 1.82. The smallest absolute Gasteiger partial charge is 0.310 e. The van der Waals surface area contributed by atoms with Gasteiger partial charge in [0.2, 0.25) is 5.91 Å². The fraction of sp³-hybridized carbons (Fsp3) is 0.630. The first-order valence-corrected chi connectivity index (χ1v) is 12.2. The molecule has 0 spiro atoms. The Morgan fingerprint density at radius 3 is 2.17 bits per heavy atom. The van der Waals surface area contributed by atoms with E-state index in [-0.39, 0.29) is 0 Å². The zero-order valence-electron chi connectivity index (χ0n) is 21.7. The molecule has 0 heterocycles. The number of methoxy groups -OCH3 is 2. The highest BCUT2D eigenvalue weighted by molar-refractivity contribution is 5.93. The molecule has 3 aliphatic rings. The molecule has 1 saturated carbocycles. The standard InChI is InChI=1S/C27H40N2O6/c1-16-7-9-17(10-8-16)15-18-11-13-19(14-12-18)29-24(32)26(2)20(22(30)28-4)27(3,25(33)35-6)21(26)23(31)34-5/h7,9,11,13,20-22,25,28,30,33H,8,10,12,14-15H2,1-6H3,(H,29,32). The minimum atomic E-state index is -1.38. The van der Waals surface area contributed by atoms with Gasteiger partial charge < -0.3 is 25.0 Å². The largest absolute Gasteiger partial charge is 0.469 e. The normalized spacial score (nSPS) is 32.2. The van der Waals surface area contributed by atoms with Gasteiger partial charge in [-0.05, 0) is 59.1 Å². The van der Waals surface area contributed by atoms with Crippen LogP contribution in [-0.4, -0.2) is 55.9 Å². The minimum Gasteiger partial charge on any atom is -0.469 e. The lowest BCUT2D eigenvalue weighted by atomic mass is 9.38. The van der Waals surface area contributed by atoms with Gasteiger partial charge in [0, 0.05) is 24.1 Å². The van der Waals surface area contributed by atoms with Crippen LogP contribution in [0.3, 0.4) is 0 Å². The molecule has 6 unspecified atom stereocenters. The summed E-state index contributed by atoms with van der Waals surface area (Å²) in [5.74, 6) is -2.87. The summed E-state index contributed by atoms with van der Waals surface area (Å²) in [5, 5.41) is 27.2. The van der Waals surface area contributed by atoms with Gasteiger partial charge in [-0.2, -0.15) is 0 Å². The van der Waals surface area contributed by atoms with Crippen molar-refractivity contribution in [3.63, 3.8) is 0 Å². The van der Waals surface area contributed by atoms with Crippen LogP contribution < -0.4 is 10.6 Å². The Kier molecular flexibility index (Phi) is 8.42. The summed E-state index contributed by atoms with van der Waals surface area (Å²) in [6.45, 7) is 5.42. The Morgan fingerprint density at radius 2 is 1.69 bits per heavy atom. The molecule has 0 aromatic heterocycles. The molecule has 3 aliphatic carbocycles. The first-order chi connectivity index (χ1) is 16.5. The quantitative estimate of drug-likeness (QED) is 0.291. The number of hydrogen-bond donors (Lipinski definition) is 4. The van der Waals surface area contributed by atoms with Crippen molar-refractivity contribution in [3.8, 4) is 0 Å². The van der Waals surface area contributed by atoms with E-state index in [2.05, 4.69) is 35.8 Å². The van der Waals surface area contributed by atoms with Crippen molar-refractivity contribution in [1.82, 2.24) is 10.6 Å². The zero-order chi connectivity index (χ0) is 26.0. The summed E-state index contributed by atoms with van der Waals surface area (Å²) in [6, 6.07) is 0. The third-order valence-electron chi connectivity index (χ3n) is 8.24. The lowest BCUT2D eigenvalue weighted by Crippen LogP contribution is -2.77. The summed E-state index contributed by atoms with van der Waals surface area (Å²) in [7, 11) is 4.13. The topological polar surface area (TPSA) is 117 Å². The number of hydrogen-bond acceptors (Lipinski definition) is 7. The molecule has 0 aliphatic heterocycles. The van der Waals surface area contributed by atoms with Crippen LogP contribution >= 0.6 is 0 Å². The van der Waals surface area contributed by atoms with Crippen LogP contribution in [0.25, 0.3) is 0 Å². The Bertz CT molecular complexity index is 967. The number of amides is 1. The fourth-order valence-corrected chi connectivity index (χ4v) is 6.26. The Labute approximate surface area is 208 Å². The molecule has 3 rings (SSSR count). The average molecular weight is 489 g/mol. The van der Waals surface area contributed by atoms with Gasteiger partial charge in [-0.1, -0.05) is 41.9 Å². The summed E-state index contributed by atoms with van der Waals surface area (Å²) in [5.41, 5.74) is 2.32. The number of aliphatic hydroxyl groups excluding tert-OH is 2. The van der Waals surface area contributed by atoms with Crippen LogP contribution in [0.4, 0.5) is 0 Å². The van der Waals surface area contributed by atoms with E-state index in [1.807, 2.05) is 6.08 Å². The molecule has 0 radical (unpaired) electrons. The van der Waals surface area contributed by atoms with Crippen molar-refractivity contribution in [1.29, 1.82) is 0 Å². The van der Waals surface area contributed by atoms with E-state index in [4.69, 9.17) is 9.47 Å². The maximum atomic E-state index is 13.6. The van der Waals surface area contributed by atoms with Crippen LogP contribution in [0.15, 0.2) is 46.7 Å². The third kappa shape index (κ3) is 4.89. The van der Waals surface area contributed by atoms with Crippen LogP contribution in [0, 0.1) is 22.7 Å². The molecule has 8 nitrogen and oxygen atoms in total. The van der Waals surface area contributed by atoms with Crippen LogP contribution in [0.1, 0.15) is 52.9 Å². The van der Waals surface area contributed by atoms with Gasteiger partial charge in [0.15, 0.2) is 6.29 Å². The van der Waals surface area contributed by atoms with Gasteiger partial charge in [0.25, 0.3) is 0 Å². The van der Waals surface area contributed by atoms with Crippen LogP contribution in [-0.2, 0) is 19.1 Å². The predicted molar refractivity (Wildman–Crippen MR) is 133 cm³/mol. The van der Waals surface area contributed by atoms with E-state index < -0.39 is 47.1 Å². The summed E-state index contributed by atoms with van der Waals surface area (Å²) < 4.78 is 10.2. The lowest BCUT2D eigenvalue weighted by Gasteiger charge is -2.65. The lowest BCUT2D eigenvalue weighted by molar-refractivity contribution is -0.304. The monoisotopic (exact) mass is 488 g/mol. The third-order valence-corrected chi connectivity index (χ3v) is 8.24. The Hall–Kier alpha value is -2.26. The maximum absolute atomic E-state index is 13.6. The van der Waals surface area contributed by atoms with Crippen LogP contribution in [0.5, 0.6) is 0 Å². The number of rotatable bonds is 9. The molecule has 8 heteroatoms. The van der Waals surface area contributed by atoms with Crippen molar-refractivity contribution in [3.05, 3.63) is 46.7 Å². The molecule has 4 N–H and O–H groups in total. The van der Waals surface area contributed by atoms with E-state index in [1.54, 1.807) is 20.9 Å². The molecule has 194 valence electrons. The van der Waals surface area contributed by atoms with Gasteiger partial charge in [0.1, 0.15) is 6.23 Å². The summed E-state index contributed by atoms with van der Waals surface area (Å²) in [6.07, 6.45) is 10.5. The second-order valence-electron chi connectivity index (χ2n) is 10.4. The maximum Gasteiger partial charge on any atom is 0.310 e. The molecule has 1 amide bonds. The van der Waals surface area contributed by atoms with Crippen molar-refractivity contribution < 1.29 is 29.3 Å². The van der Waals surface area contributed by atoms with E-state index in [0.29, 0.717) is 6.42 Å². The van der Waals surface area contributed by atoms with E-state index in [9.17, 15) is 19.8 Å². The molecule has 35 heavy (non-hydrogen) atoms. The number of ether oxygens (including phenoxy) is 2. The predicted octanol–water partition coefficient (Wildman–Crippen LogP) is 2.70. The average Bonchev–Trinajstić information content (AvgIpc) is 2.85. The first-order valence-electron chi connectivity index (χ1n) is 12.2. The number of aliphatic hydroxyl groups is 2. The highest BCUT2D eigenvalue weighted by Gasteiger charge is 2.76. The first kappa shape index (κ1) is 27.3. The van der Waals surface area contributed by atoms with Gasteiger partial charge in [-0.3, -0.25) is 14.9 Å². The second kappa shape index (κ2) is 10.8. The fourth-order valence-electron chi connectivity index (χ4n) is 6.26. The molecule has 0 aromatic carbocycles. The molecular weight excluding hydrogens is 448 g/mol. The Morgan fingerprint density at radius 1 is 1.06 bits per heavy atom.